The molecule has 4 heteroatoms. The second-order valence-corrected chi connectivity index (χ2v) is 17.8. The third-order valence-corrected chi connectivity index (χ3v) is 13.4. The van der Waals surface area contributed by atoms with E-state index in [0.717, 1.165) is 78.2 Å². The van der Waals surface area contributed by atoms with Gasteiger partial charge in [0.1, 0.15) is 0 Å². The number of fused-ring (bicyclic) bond motifs is 9. The monoisotopic (exact) mass is 854 g/mol. The first kappa shape index (κ1) is 42.0. The maximum absolute atomic E-state index is 6.91. The SMILES string of the molecule is C=CC.CC=Nc1c(N)c2cc(-c3cccc(-c4ccc5c(c4)-c4cc(-c6cccc(-c7ccc8c(c7)c(N)c(NCC)c7ccccc78)c6)ccc4C5(C)C)c3)ccc2c2ccccc12. The Labute approximate surface area is 388 Å². The number of hydrogen-bond donors (Lipinski definition) is 3. The number of rotatable bonds is 7. The number of allylic oxidation sites excluding steroid dienone is 1. The highest BCUT2D eigenvalue weighted by Crippen LogP contribution is 2.51. The lowest BCUT2D eigenvalue weighted by molar-refractivity contribution is 0.660. The van der Waals surface area contributed by atoms with E-state index in [1.807, 2.05) is 26.1 Å². The van der Waals surface area contributed by atoms with Crippen molar-refractivity contribution < 1.29 is 0 Å². The molecule has 322 valence electrons. The van der Waals surface area contributed by atoms with E-state index in [9.17, 15) is 0 Å². The highest BCUT2D eigenvalue weighted by atomic mass is 14.9. The molecule has 0 saturated heterocycles. The molecule has 0 bridgehead atoms. The molecule has 10 aromatic carbocycles. The molecule has 5 N–H and O–H groups in total. The van der Waals surface area contributed by atoms with Crippen LogP contribution in [0.15, 0.2) is 188 Å². The zero-order valence-electron chi connectivity index (χ0n) is 38.3. The van der Waals surface area contributed by atoms with Gasteiger partial charge in [0.25, 0.3) is 0 Å². The third kappa shape index (κ3) is 6.98. The number of nitrogens with one attached hydrogen (secondary N) is 1. The predicted molar refractivity (Wildman–Crippen MR) is 288 cm³/mol. The minimum absolute atomic E-state index is 0.123. The Hall–Kier alpha value is -7.95. The molecule has 0 heterocycles. The Morgan fingerprint density at radius 2 is 0.864 bits per heavy atom. The van der Waals surface area contributed by atoms with Crippen LogP contribution in [0, 0.1) is 0 Å². The van der Waals surface area contributed by atoms with E-state index in [-0.39, 0.29) is 5.41 Å². The number of hydrogen-bond acceptors (Lipinski definition) is 4. The lowest BCUT2D eigenvalue weighted by atomic mass is 9.82. The van der Waals surface area contributed by atoms with Crippen LogP contribution in [0.3, 0.4) is 0 Å². The second kappa shape index (κ2) is 16.9. The predicted octanol–water partition coefficient (Wildman–Crippen LogP) is 16.8. The van der Waals surface area contributed by atoms with Gasteiger partial charge in [0.15, 0.2) is 0 Å². The van der Waals surface area contributed by atoms with E-state index in [4.69, 9.17) is 16.5 Å². The summed E-state index contributed by atoms with van der Waals surface area (Å²) >= 11 is 0. The molecular formula is C62H54N4. The molecule has 0 aliphatic heterocycles. The summed E-state index contributed by atoms with van der Waals surface area (Å²) in [5.74, 6) is 0. The second-order valence-electron chi connectivity index (χ2n) is 17.8. The van der Waals surface area contributed by atoms with Gasteiger partial charge in [0, 0.05) is 39.7 Å². The summed E-state index contributed by atoms with van der Waals surface area (Å²) in [5.41, 5.74) is 31.6. The van der Waals surface area contributed by atoms with Crippen LogP contribution in [0.25, 0.3) is 98.7 Å². The number of nitrogens with zero attached hydrogens (tertiary/aromatic N) is 1. The molecule has 1 aliphatic rings. The average molecular weight is 855 g/mol. The Bertz CT molecular complexity index is 3590. The molecule has 0 spiro atoms. The minimum atomic E-state index is -0.123. The number of aliphatic imine (C=N–C) groups is 1. The molecule has 4 nitrogen and oxygen atoms in total. The van der Waals surface area contributed by atoms with Gasteiger partial charge < -0.3 is 16.8 Å². The van der Waals surface area contributed by atoms with E-state index >= 15 is 0 Å². The van der Waals surface area contributed by atoms with Crippen LogP contribution in [-0.2, 0) is 5.41 Å². The first-order chi connectivity index (χ1) is 32.1. The lowest BCUT2D eigenvalue weighted by Gasteiger charge is -2.21. The van der Waals surface area contributed by atoms with Crippen molar-refractivity contribution in [3.05, 3.63) is 194 Å². The summed E-state index contributed by atoms with van der Waals surface area (Å²) in [5, 5.41) is 12.5. The highest BCUT2D eigenvalue weighted by Gasteiger charge is 2.35. The van der Waals surface area contributed by atoms with Crippen molar-refractivity contribution in [3.8, 4) is 55.6 Å². The van der Waals surface area contributed by atoms with Gasteiger partial charge in [-0.2, -0.15) is 0 Å². The van der Waals surface area contributed by atoms with E-state index in [1.165, 1.54) is 55.3 Å². The summed E-state index contributed by atoms with van der Waals surface area (Å²) in [6, 6.07) is 62.1. The van der Waals surface area contributed by atoms with Crippen LogP contribution in [-0.4, -0.2) is 12.8 Å². The molecule has 1 aliphatic carbocycles. The number of benzene rings is 10. The highest BCUT2D eigenvalue weighted by molar-refractivity contribution is 6.21. The lowest BCUT2D eigenvalue weighted by Crippen LogP contribution is -2.14. The van der Waals surface area contributed by atoms with E-state index in [1.54, 1.807) is 6.08 Å². The van der Waals surface area contributed by atoms with Crippen molar-refractivity contribution in [2.45, 2.75) is 40.0 Å². The van der Waals surface area contributed by atoms with Gasteiger partial charge >= 0.3 is 0 Å². The zero-order chi connectivity index (χ0) is 45.7. The van der Waals surface area contributed by atoms with Gasteiger partial charge in [-0.3, -0.25) is 4.99 Å². The standard InChI is InChI=1S/C59H48N4.C3H6/c1-5-62-57-47-19-9-7-17-43(47)45-25-21-39(33-51(45)55(57)60)35-13-11-15-37(29-35)41-23-27-53-49(31-41)50-32-42(24-28-54(50)59(53,3)4)38-16-12-14-36(30-38)40-22-26-46-44-18-8-10-20-48(44)58(63-6-2)56(61)52(46)34-40;1-3-2/h5,7-34,63H,6,60-61H2,1-4H3;3H,1H2,2H3. The van der Waals surface area contributed by atoms with Crippen molar-refractivity contribution >= 4 is 72.1 Å². The van der Waals surface area contributed by atoms with Crippen LogP contribution in [0.4, 0.5) is 22.7 Å². The largest absolute Gasteiger partial charge is 0.397 e. The summed E-state index contributed by atoms with van der Waals surface area (Å²) in [6.07, 6.45) is 3.57. The normalized spacial score (nSPS) is 12.6. The molecule has 10 aromatic rings. The van der Waals surface area contributed by atoms with Crippen LogP contribution < -0.4 is 16.8 Å². The van der Waals surface area contributed by atoms with Gasteiger partial charge in [-0.15, -0.1) is 6.58 Å². The molecule has 0 amide bonds. The summed E-state index contributed by atoms with van der Waals surface area (Å²) in [6.45, 7) is 14.8. The van der Waals surface area contributed by atoms with Crippen molar-refractivity contribution in [1.82, 2.24) is 0 Å². The Kier molecular flexibility index (Phi) is 10.7. The fraction of sp³-hybridized carbons (Fsp3) is 0.113. The van der Waals surface area contributed by atoms with Crippen LogP contribution in [0.5, 0.6) is 0 Å². The molecule has 0 fully saturated rings. The maximum atomic E-state index is 6.91. The number of nitrogens with two attached hydrogens (primary N) is 2. The molecule has 0 unspecified atom stereocenters. The molecular weight excluding hydrogens is 801 g/mol. The van der Waals surface area contributed by atoms with Crippen LogP contribution in [0.1, 0.15) is 45.7 Å². The van der Waals surface area contributed by atoms with Crippen molar-refractivity contribution in [2.24, 2.45) is 4.99 Å². The summed E-state index contributed by atoms with van der Waals surface area (Å²) in [7, 11) is 0. The molecule has 0 atom stereocenters. The first-order valence-corrected chi connectivity index (χ1v) is 22.9. The summed E-state index contributed by atoms with van der Waals surface area (Å²) < 4.78 is 0. The Morgan fingerprint density at radius 3 is 1.35 bits per heavy atom. The zero-order valence-corrected chi connectivity index (χ0v) is 38.3. The Morgan fingerprint density at radius 1 is 0.470 bits per heavy atom. The van der Waals surface area contributed by atoms with Gasteiger partial charge in [-0.05, 0) is 145 Å². The van der Waals surface area contributed by atoms with Crippen molar-refractivity contribution in [2.75, 3.05) is 23.3 Å². The van der Waals surface area contributed by atoms with Crippen LogP contribution >= 0.6 is 0 Å². The van der Waals surface area contributed by atoms with E-state index < -0.39 is 0 Å². The summed E-state index contributed by atoms with van der Waals surface area (Å²) in [4.78, 5) is 4.71. The van der Waals surface area contributed by atoms with E-state index in [2.05, 4.69) is 196 Å². The fourth-order valence-corrected chi connectivity index (χ4v) is 10.3. The molecule has 0 saturated carbocycles. The van der Waals surface area contributed by atoms with Crippen LogP contribution in [0.2, 0.25) is 0 Å². The van der Waals surface area contributed by atoms with Gasteiger partial charge in [0.05, 0.1) is 22.7 Å². The maximum Gasteiger partial charge on any atom is 0.0939 e. The smallest absolute Gasteiger partial charge is 0.0939 e. The van der Waals surface area contributed by atoms with Gasteiger partial charge in [-0.1, -0.05) is 153 Å². The van der Waals surface area contributed by atoms with Crippen molar-refractivity contribution in [3.63, 3.8) is 0 Å². The number of nitrogen functional groups attached to an aromatic ring is 2. The minimum Gasteiger partial charge on any atom is -0.397 e. The Balaban J connectivity index is 0.00000166. The number of anilines is 3. The molecule has 11 rings (SSSR count). The van der Waals surface area contributed by atoms with Gasteiger partial charge in [-0.25, -0.2) is 0 Å². The topological polar surface area (TPSA) is 76.4 Å². The first-order valence-electron chi connectivity index (χ1n) is 22.9. The third-order valence-electron chi connectivity index (χ3n) is 13.4. The molecule has 0 radical (unpaired) electrons. The fourth-order valence-electron chi connectivity index (χ4n) is 10.3. The average Bonchev–Trinajstić information content (AvgIpc) is 3.58. The van der Waals surface area contributed by atoms with Crippen molar-refractivity contribution in [1.29, 1.82) is 0 Å². The molecule has 66 heavy (non-hydrogen) atoms. The van der Waals surface area contributed by atoms with Gasteiger partial charge in [0.2, 0.25) is 0 Å². The molecule has 0 aromatic heterocycles. The quantitative estimate of drug-likeness (QED) is 0.0491. The van der Waals surface area contributed by atoms with E-state index in [0.29, 0.717) is 5.69 Å².